The molecule has 1 aliphatic rings. The summed E-state index contributed by atoms with van der Waals surface area (Å²) >= 11 is 0. The number of anilines is 2. The van der Waals surface area contributed by atoms with Gasteiger partial charge in [0, 0.05) is 24.6 Å². The van der Waals surface area contributed by atoms with Crippen LogP contribution in [-0.2, 0) is 6.42 Å². The summed E-state index contributed by atoms with van der Waals surface area (Å²) in [6, 6.07) is 1.94. The third kappa shape index (κ3) is 2.56. The lowest BCUT2D eigenvalue weighted by Gasteiger charge is -2.33. The third-order valence-corrected chi connectivity index (χ3v) is 3.56. The van der Waals surface area contributed by atoms with Gasteiger partial charge in [0.15, 0.2) is 0 Å². The fraction of sp³-hybridized carbons (Fsp3) is 0.692. The SMILES string of the molecule is CCCc1nc(NN)cc(N2CCCC2(C)C)n1. The van der Waals surface area contributed by atoms with Crippen molar-refractivity contribution < 1.29 is 0 Å². The van der Waals surface area contributed by atoms with Crippen LogP contribution in [0.15, 0.2) is 6.07 Å². The zero-order valence-electron chi connectivity index (χ0n) is 11.5. The number of hydrazine groups is 1. The summed E-state index contributed by atoms with van der Waals surface area (Å²) < 4.78 is 0. The second-order valence-corrected chi connectivity index (χ2v) is 5.49. The van der Waals surface area contributed by atoms with E-state index in [2.05, 4.69) is 41.1 Å². The molecule has 0 unspecified atom stereocenters. The first-order chi connectivity index (χ1) is 8.56. The molecule has 2 heterocycles. The Hall–Kier alpha value is -1.36. The van der Waals surface area contributed by atoms with E-state index in [1.165, 1.54) is 12.8 Å². The highest BCUT2D eigenvalue weighted by atomic mass is 15.3. The molecule has 5 heteroatoms. The summed E-state index contributed by atoms with van der Waals surface area (Å²) in [5.74, 6) is 8.05. The Labute approximate surface area is 109 Å². The summed E-state index contributed by atoms with van der Waals surface area (Å²) in [5.41, 5.74) is 2.81. The van der Waals surface area contributed by atoms with Crippen LogP contribution in [0.25, 0.3) is 0 Å². The number of hydrogen-bond donors (Lipinski definition) is 2. The van der Waals surface area contributed by atoms with Crippen LogP contribution in [0.4, 0.5) is 11.6 Å². The second kappa shape index (κ2) is 5.10. The Morgan fingerprint density at radius 2 is 2.22 bits per heavy atom. The van der Waals surface area contributed by atoms with Crippen LogP contribution >= 0.6 is 0 Å². The smallest absolute Gasteiger partial charge is 0.145 e. The maximum Gasteiger partial charge on any atom is 0.145 e. The van der Waals surface area contributed by atoms with Gasteiger partial charge in [0.1, 0.15) is 17.5 Å². The fourth-order valence-corrected chi connectivity index (χ4v) is 2.56. The monoisotopic (exact) mass is 249 g/mol. The van der Waals surface area contributed by atoms with Gasteiger partial charge in [0.2, 0.25) is 0 Å². The number of aromatic nitrogens is 2. The van der Waals surface area contributed by atoms with Gasteiger partial charge in [-0.15, -0.1) is 0 Å². The predicted molar refractivity (Wildman–Crippen MR) is 74.5 cm³/mol. The molecule has 1 aliphatic heterocycles. The Bertz CT molecular complexity index is 416. The van der Waals surface area contributed by atoms with E-state index in [9.17, 15) is 0 Å². The molecule has 0 spiro atoms. The first-order valence-electron chi connectivity index (χ1n) is 6.69. The van der Waals surface area contributed by atoms with Crippen molar-refractivity contribution in [1.29, 1.82) is 0 Å². The van der Waals surface area contributed by atoms with Crippen molar-refractivity contribution in [3.8, 4) is 0 Å². The highest BCUT2D eigenvalue weighted by Crippen LogP contribution is 2.33. The van der Waals surface area contributed by atoms with Crippen LogP contribution in [0.1, 0.15) is 45.9 Å². The van der Waals surface area contributed by atoms with E-state index in [0.717, 1.165) is 31.0 Å². The lowest BCUT2D eigenvalue weighted by atomic mass is 10.0. The molecule has 0 aromatic carbocycles. The molecule has 2 rings (SSSR count). The van der Waals surface area contributed by atoms with E-state index >= 15 is 0 Å². The predicted octanol–water partition coefficient (Wildman–Crippen LogP) is 2.09. The number of nitrogen functional groups attached to an aromatic ring is 1. The highest BCUT2D eigenvalue weighted by Gasteiger charge is 2.33. The zero-order chi connectivity index (χ0) is 13.2. The molecular weight excluding hydrogens is 226 g/mol. The van der Waals surface area contributed by atoms with Crippen molar-refractivity contribution in [1.82, 2.24) is 9.97 Å². The summed E-state index contributed by atoms with van der Waals surface area (Å²) in [5, 5.41) is 0. The van der Waals surface area contributed by atoms with Gasteiger partial charge in [0.05, 0.1) is 0 Å². The largest absolute Gasteiger partial charge is 0.351 e. The van der Waals surface area contributed by atoms with Crippen molar-refractivity contribution in [2.45, 2.75) is 52.0 Å². The summed E-state index contributed by atoms with van der Waals surface area (Å²) in [4.78, 5) is 11.4. The van der Waals surface area contributed by atoms with Crippen molar-refractivity contribution >= 4 is 11.6 Å². The minimum atomic E-state index is 0.170. The molecule has 1 aromatic rings. The standard InChI is InChI=1S/C13H23N5/c1-4-6-10-15-11(17-14)9-12(16-10)18-8-5-7-13(18,2)3/h9H,4-8,14H2,1-3H3,(H,15,16,17). The van der Waals surface area contributed by atoms with Crippen molar-refractivity contribution in [2.24, 2.45) is 5.84 Å². The molecule has 0 aliphatic carbocycles. The van der Waals surface area contributed by atoms with Gasteiger partial charge >= 0.3 is 0 Å². The Kier molecular flexibility index (Phi) is 3.71. The van der Waals surface area contributed by atoms with Gasteiger partial charge < -0.3 is 10.3 Å². The van der Waals surface area contributed by atoms with Crippen molar-refractivity contribution in [3.05, 3.63) is 11.9 Å². The number of nitrogens with two attached hydrogens (primary N) is 1. The van der Waals surface area contributed by atoms with E-state index in [1.54, 1.807) is 0 Å². The van der Waals surface area contributed by atoms with E-state index in [-0.39, 0.29) is 5.54 Å². The normalized spacial score (nSPS) is 18.1. The Morgan fingerprint density at radius 3 is 2.78 bits per heavy atom. The molecule has 0 amide bonds. The zero-order valence-corrected chi connectivity index (χ0v) is 11.5. The maximum atomic E-state index is 5.49. The minimum absolute atomic E-state index is 0.170. The molecule has 5 nitrogen and oxygen atoms in total. The quantitative estimate of drug-likeness (QED) is 0.632. The first kappa shape index (κ1) is 13.1. The van der Waals surface area contributed by atoms with Crippen LogP contribution in [0, 0.1) is 0 Å². The molecule has 0 bridgehead atoms. The number of nitrogens with one attached hydrogen (secondary N) is 1. The van der Waals surface area contributed by atoms with Gasteiger partial charge in [0.25, 0.3) is 0 Å². The number of rotatable bonds is 4. The van der Waals surface area contributed by atoms with Crippen molar-refractivity contribution in [2.75, 3.05) is 16.9 Å². The topological polar surface area (TPSA) is 67.1 Å². The molecule has 1 saturated heterocycles. The van der Waals surface area contributed by atoms with Gasteiger partial charge in [-0.1, -0.05) is 6.92 Å². The summed E-state index contributed by atoms with van der Waals surface area (Å²) in [7, 11) is 0. The van der Waals surface area contributed by atoms with E-state index < -0.39 is 0 Å². The molecule has 18 heavy (non-hydrogen) atoms. The van der Waals surface area contributed by atoms with E-state index in [0.29, 0.717) is 5.82 Å². The molecule has 1 fully saturated rings. The number of hydrogen-bond acceptors (Lipinski definition) is 5. The fourth-order valence-electron chi connectivity index (χ4n) is 2.56. The second-order valence-electron chi connectivity index (χ2n) is 5.49. The average Bonchev–Trinajstić information content (AvgIpc) is 2.69. The molecule has 0 radical (unpaired) electrons. The van der Waals surface area contributed by atoms with Gasteiger partial charge in [-0.05, 0) is 33.1 Å². The number of nitrogens with zero attached hydrogens (tertiary/aromatic N) is 3. The minimum Gasteiger partial charge on any atom is -0.351 e. The lowest BCUT2D eigenvalue weighted by molar-refractivity contribution is 0.513. The summed E-state index contributed by atoms with van der Waals surface area (Å²) in [6.07, 6.45) is 4.34. The van der Waals surface area contributed by atoms with Crippen LogP contribution in [0.3, 0.4) is 0 Å². The lowest BCUT2D eigenvalue weighted by Crippen LogP contribution is -2.39. The molecular formula is C13H23N5. The summed E-state index contributed by atoms with van der Waals surface area (Å²) in [6.45, 7) is 7.71. The number of aryl methyl sites for hydroxylation is 1. The van der Waals surface area contributed by atoms with Gasteiger partial charge in [-0.2, -0.15) is 0 Å². The van der Waals surface area contributed by atoms with Crippen LogP contribution in [-0.4, -0.2) is 22.1 Å². The van der Waals surface area contributed by atoms with Crippen LogP contribution < -0.4 is 16.2 Å². The van der Waals surface area contributed by atoms with Crippen molar-refractivity contribution in [3.63, 3.8) is 0 Å². The Balaban J connectivity index is 2.34. The highest BCUT2D eigenvalue weighted by molar-refractivity contribution is 5.51. The van der Waals surface area contributed by atoms with Gasteiger partial charge in [-0.3, -0.25) is 0 Å². The molecule has 1 aromatic heterocycles. The maximum absolute atomic E-state index is 5.49. The average molecular weight is 249 g/mol. The third-order valence-electron chi connectivity index (χ3n) is 3.56. The Morgan fingerprint density at radius 1 is 1.44 bits per heavy atom. The molecule has 0 atom stereocenters. The molecule has 3 N–H and O–H groups in total. The molecule has 0 saturated carbocycles. The van der Waals surface area contributed by atoms with E-state index in [1.807, 2.05) is 6.07 Å². The van der Waals surface area contributed by atoms with Crippen LogP contribution in [0.2, 0.25) is 0 Å². The van der Waals surface area contributed by atoms with Gasteiger partial charge in [-0.25, -0.2) is 15.8 Å². The first-order valence-corrected chi connectivity index (χ1v) is 6.69. The van der Waals surface area contributed by atoms with Crippen LogP contribution in [0.5, 0.6) is 0 Å². The van der Waals surface area contributed by atoms with E-state index in [4.69, 9.17) is 5.84 Å². The molecule has 100 valence electrons.